The number of nitrogens with zero attached hydrogens (tertiary/aromatic N) is 3. The molecule has 1 aromatic carbocycles. The second kappa shape index (κ2) is 6.34. The zero-order valence-electron chi connectivity index (χ0n) is 12.1. The van der Waals surface area contributed by atoms with Crippen LogP contribution in [-0.4, -0.2) is 24.1 Å². The number of rotatable bonds is 5. The maximum atomic E-state index is 5.82. The van der Waals surface area contributed by atoms with E-state index in [-0.39, 0.29) is 0 Å². The summed E-state index contributed by atoms with van der Waals surface area (Å²) >= 11 is 0. The topological polar surface area (TPSA) is 64.3 Å². The minimum atomic E-state index is 0.348. The van der Waals surface area contributed by atoms with Gasteiger partial charge in [0, 0.05) is 25.9 Å². The molecule has 1 aromatic heterocycles. The average Bonchev–Trinajstić information content (AvgIpc) is 2.46. The Morgan fingerprint density at radius 2 is 1.90 bits per heavy atom. The molecule has 5 nitrogen and oxygen atoms in total. The van der Waals surface area contributed by atoms with Crippen molar-refractivity contribution in [2.75, 3.05) is 24.8 Å². The van der Waals surface area contributed by atoms with E-state index in [0.717, 1.165) is 17.9 Å². The number of nitrogen functional groups attached to an aromatic ring is 1. The Hall–Kier alpha value is -2.14. The summed E-state index contributed by atoms with van der Waals surface area (Å²) < 4.78 is 5.05. The maximum absolute atomic E-state index is 5.82. The van der Waals surface area contributed by atoms with E-state index >= 15 is 0 Å². The summed E-state index contributed by atoms with van der Waals surface area (Å²) in [7, 11) is 3.57. The minimum absolute atomic E-state index is 0.348. The summed E-state index contributed by atoms with van der Waals surface area (Å²) in [5.41, 5.74) is 8.19. The van der Waals surface area contributed by atoms with Gasteiger partial charge >= 0.3 is 0 Å². The SMILES string of the molecule is CCc1ccc(N(C)c2cc(N)nc(COC)n2)cc1. The van der Waals surface area contributed by atoms with Gasteiger partial charge in [0.2, 0.25) is 0 Å². The van der Waals surface area contributed by atoms with Crippen molar-refractivity contribution in [1.29, 1.82) is 0 Å². The van der Waals surface area contributed by atoms with Crippen molar-refractivity contribution in [2.45, 2.75) is 20.0 Å². The number of aromatic nitrogens is 2. The van der Waals surface area contributed by atoms with Gasteiger partial charge in [0.15, 0.2) is 5.82 Å². The molecule has 5 heteroatoms. The van der Waals surface area contributed by atoms with Gasteiger partial charge in [-0.05, 0) is 24.1 Å². The standard InChI is InChI=1S/C15H20N4O/c1-4-11-5-7-12(8-6-11)19(2)15-9-13(16)17-14(18-15)10-20-3/h5-9H,4,10H2,1-3H3,(H2,16,17,18). The third-order valence-electron chi connectivity index (χ3n) is 3.13. The van der Waals surface area contributed by atoms with Gasteiger partial charge in [-0.1, -0.05) is 19.1 Å². The van der Waals surface area contributed by atoms with Crippen LogP contribution < -0.4 is 10.6 Å². The van der Waals surface area contributed by atoms with Crippen LogP contribution >= 0.6 is 0 Å². The van der Waals surface area contributed by atoms with Gasteiger partial charge in [-0.25, -0.2) is 9.97 Å². The third kappa shape index (κ3) is 3.24. The Labute approximate surface area is 119 Å². The molecule has 0 aliphatic heterocycles. The molecular weight excluding hydrogens is 252 g/mol. The highest BCUT2D eigenvalue weighted by molar-refractivity contribution is 5.61. The van der Waals surface area contributed by atoms with Crippen LogP contribution in [0.5, 0.6) is 0 Å². The fraction of sp³-hybridized carbons (Fsp3) is 0.333. The lowest BCUT2D eigenvalue weighted by molar-refractivity contribution is 0.178. The molecule has 0 aliphatic carbocycles. The van der Waals surface area contributed by atoms with Gasteiger partial charge in [0.1, 0.15) is 18.2 Å². The first kappa shape index (κ1) is 14.3. The Bertz CT molecular complexity index is 569. The van der Waals surface area contributed by atoms with Crippen LogP contribution in [0.15, 0.2) is 30.3 Å². The smallest absolute Gasteiger partial charge is 0.158 e. The molecule has 0 radical (unpaired) electrons. The van der Waals surface area contributed by atoms with Gasteiger partial charge in [-0.15, -0.1) is 0 Å². The number of aryl methyl sites for hydroxylation is 1. The molecule has 1 heterocycles. The Kier molecular flexibility index (Phi) is 4.53. The second-order valence-corrected chi connectivity index (χ2v) is 4.58. The number of benzene rings is 1. The first-order valence-corrected chi connectivity index (χ1v) is 6.59. The number of ether oxygens (including phenoxy) is 1. The van der Waals surface area contributed by atoms with E-state index < -0.39 is 0 Å². The Balaban J connectivity index is 2.29. The summed E-state index contributed by atoms with van der Waals surface area (Å²) in [6.45, 7) is 2.49. The molecule has 0 bridgehead atoms. The molecule has 0 saturated carbocycles. The number of anilines is 3. The number of hydrogen-bond donors (Lipinski definition) is 1. The second-order valence-electron chi connectivity index (χ2n) is 4.58. The summed E-state index contributed by atoms with van der Waals surface area (Å²) in [5, 5.41) is 0. The minimum Gasteiger partial charge on any atom is -0.384 e. The number of nitrogens with two attached hydrogens (primary N) is 1. The highest BCUT2D eigenvalue weighted by Crippen LogP contribution is 2.23. The zero-order valence-corrected chi connectivity index (χ0v) is 12.1. The van der Waals surface area contributed by atoms with Crippen LogP contribution in [0.4, 0.5) is 17.3 Å². The van der Waals surface area contributed by atoms with Gasteiger partial charge in [-0.3, -0.25) is 0 Å². The molecule has 106 valence electrons. The molecule has 0 unspecified atom stereocenters. The van der Waals surface area contributed by atoms with Crippen LogP contribution in [0, 0.1) is 0 Å². The molecule has 0 atom stereocenters. The molecule has 0 fully saturated rings. The quantitative estimate of drug-likeness (QED) is 0.906. The number of methoxy groups -OCH3 is 1. The molecule has 0 aliphatic rings. The summed E-state index contributed by atoms with van der Waals surface area (Å²) in [5.74, 6) is 1.78. The van der Waals surface area contributed by atoms with Crippen LogP contribution in [-0.2, 0) is 17.8 Å². The van der Waals surface area contributed by atoms with E-state index in [1.54, 1.807) is 13.2 Å². The molecule has 2 N–H and O–H groups in total. The average molecular weight is 272 g/mol. The van der Waals surface area contributed by atoms with Gasteiger partial charge in [-0.2, -0.15) is 0 Å². The van der Waals surface area contributed by atoms with Crippen LogP contribution in [0.25, 0.3) is 0 Å². The fourth-order valence-corrected chi connectivity index (χ4v) is 1.96. The van der Waals surface area contributed by atoms with Crippen LogP contribution in [0.3, 0.4) is 0 Å². The van der Waals surface area contributed by atoms with E-state index in [1.807, 2.05) is 11.9 Å². The summed E-state index contributed by atoms with van der Waals surface area (Å²) in [6.07, 6.45) is 1.03. The summed E-state index contributed by atoms with van der Waals surface area (Å²) in [4.78, 5) is 10.6. The van der Waals surface area contributed by atoms with Crippen molar-refractivity contribution < 1.29 is 4.74 Å². The lowest BCUT2D eigenvalue weighted by Gasteiger charge is -2.19. The monoisotopic (exact) mass is 272 g/mol. The predicted molar refractivity (Wildman–Crippen MR) is 81.0 cm³/mol. The van der Waals surface area contributed by atoms with Gasteiger partial charge in [0.25, 0.3) is 0 Å². The maximum Gasteiger partial charge on any atom is 0.158 e. The highest BCUT2D eigenvalue weighted by Gasteiger charge is 2.09. The molecule has 0 saturated heterocycles. The van der Waals surface area contributed by atoms with Crippen molar-refractivity contribution in [1.82, 2.24) is 9.97 Å². The lowest BCUT2D eigenvalue weighted by Crippen LogP contribution is -2.14. The molecule has 0 amide bonds. The van der Waals surface area contributed by atoms with Crippen LogP contribution in [0.1, 0.15) is 18.3 Å². The number of hydrogen-bond acceptors (Lipinski definition) is 5. The zero-order chi connectivity index (χ0) is 14.5. The largest absolute Gasteiger partial charge is 0.384 e. The lowest BCUT2D eigenvalue weighted by atomic mass is 10.1. The van der Waals surface area contributed by atoms with Crippen molar-refractivity contribution in [3.05, 3.63) is 41.7 Å². The summed E-state index contributed by atoms with van der Waals surface area (Å²) in [6, 6.07) is 10.1. The first-order chi connectivity index (χ1) is 9.63. The van der Waals surface area contributed by atoms with E-state index in [4.69, 9.17) is 10.5 Å². The Morgan fingerprint density at radius 1 is 1.20 bits per heavy atom. The normalized spacial score (nSPS) is 10.6. The van der Waals surface area contributed by atoms with Crippen molar-refractivity contribution in [2.24, 2.45) is 0 Å². The molecule has 2 rings (SSSR count). The molecular formula is C15H20N4O. The Morgan fingerprint density at radius 3 is 2.50 bits per heavy atom. The highest BCUT2D eigenvalue weighted by atomic mass is 16.5. The molecule has 0 spiro atoms. The van der Waals surface area contributed by atoms with Crippen molar-refractivity contribution in [3.8, 4) is 0 Å². The predicted octanol–water partition coefficient (Wildman–Crippen LogP) is 2.54. The van der Waals surface area contributed by atoms with E-state index in [0.29, 0.717) is 18.2 Å². The van der Waals surface area contributed by atoms with E-state index in [9.17, 15) is 0 Å². The third-order valence-corrected chi connectivity index (χ3v) is 3.13. The van der Waals surface area contributed by atoms with E-state index in [1.165, 1.54) is 5.56 Å². The molecule has 2 aromatic rings. The fourth-order valence-electron chi connectivity index (χ4n) is 1.96. The van der Waals surface area contributed by atoms with Crippen LogP contribution in [0.2, 0.25) is 0 Å². The van der Waals surface area contributed by atoms with E-state index in [2.05, 4.69) is 41.2 Å². The van der Waals surface area contributed by atoms with Crippen molar-refractivity contribution >= 4 is 17.3 Å². The van der Waals surface area contributed by atoms with Gasteiger partial charge in [0.05, 0.1) is 0 Å². The first-order valence-electron chi connectivity index (χ1n) is 6.59. The van der Waals surface area contributed by atoms with Crippen molar-refractivity contribution in [3.63, 3.8) is 0 Å². The molecule has 20 heavy (non-hydrogen) atoms. The van der Waals surface area contributed by atoms with Gasteiger partial charge < -0.3 is 15.4 Å².